The second-order valence-electron chi connectivity index (χ2n) is 6.87. The number of carbonyl (C=O) groups is 1. The SMILES string of the molecule is CC(C)c1nn(Cc2ccccc2)c2c1N=C[C@@H]1CCCN1C2=O. The molecule has 1 atom stereocenters. The molecule has 0 radical (unpaired) electrons. The van der Waals surface area contributed by atoms with Gasteiger partial charge in [0, 0.05) is 12.8 Å². The average molecular weight is 322 g/mol. The van der Waals surface area contributed by atoms with Crippen molar-refractivity contribution in [3.05, 3.63) is 47.3 Å². The summed E-state index contributed by atoms with van der Waals surface area (Å²) in [6.45, 7) is 5.60. The number of hydrogen-bond donors (Lipinski definition) is 0. The molecule has 1 amide bonds. The van der Waals surface area contributed by atoms with Gasteiger partial charge in [0.05, 0.1) is 18.3 Å². The molecule has 4 rings (SSSR count). The summed E-state index contributed by atoms with van der Waals surface area (Å²) in [5.41, 5.74) is 3.45. The van der Waals surface area contributed by atoms with Crippen molar-refractivity contribution in [3.63, 3.8) is 0 Å². The van der Waals surface area contributed by atoms with Gasteiger partial charge in [-0.1, -0.05) is 44.2 Å². The average Bonchev–Trinajstić information content (AvgIpc) is 3.15. The number of aliphatic imine (C=N–C) groups is 1. The minimum absolute atomic E-state index is 0.0698. The second-order valence-corrected chi connectivity index (χ2v) is 6.87. The molecule has 2 aliphatic heterocycles. The van der Waals surface area contributed by atoms with Gasteiger partial charge in [-0.2, -0.15) is 5.10 Å². The minimum Gasteiger partial charge on any atom is -0.329 e. The van der Waals surface area contributed by atoms with Crippen molar-refractivity contribution in [2.24, 2.45) is 4.99 Å². The number of rotatable bonds is 3. The lowest BCUT2D eigenvalue weighted by molar-refractivity contribution is 0.0763. The van der Waals surface area contributed by atoms with Gasteiger partial charge in [-0.3, -0.25) is 14.5 Å². The Morgan fingerprint density at radius 3 is 2.79 bits per heavy atom. The molecule has 5 heteroatoms. The normalized spacial score (nSPS) is 19.5. The van der Waals surface area contributed by atoms with E-state index in [9.17, 15) is 4.79 Å². The highest BCUT2D eigenvalue weighted by molar-refractivity contribution is 6.02. The summed E-state index contributed by atoms with van der Waals surface area (Å²) in [5, 5.41) is 4.75. The zero-order valence-electron chi connectivity index (χ0n) is 14.1. The lowest BCUT2D eigenvalue weighted by Crippen LogP contribution is -2.36. The third kappa shape index (κ3) is 2.44. The van der Waals surface area contributed by atoms with E-state index in [1.165, 1.54) is 0 Å². The third-order valence-corrected chi connectivity index (χ3v) is 4.81. The van der Waals surface area contributed by atoms with Crippen LogP contribution in [0.5, 0.6) is 0 Å². The molecule has 1 fully saturated rings. The molecule has 124 valence electrons. The molecule has 24 heavy (non-hydrogen) atoms. The molecule has 2 aromatic rings. The standard InChI is InChI=1S/C19H22N4O/c1-13(2)16-17-18(19(24)22-10-6-9-15(22)11-20-17)23(21-16)12-14-7-4-3-5-8-14/h3-5,7-8,11,13,15H,6,9-10,12H2,1-2H3/t15-/m0/s1. The molecule has 0 spiro atoms. The van der Waals surface area contributed by atoms with E-state index < -0.39 is 0 Å². The predicted octanol–water partition coefficient (Wildman–Crippen LogP) is 3.38. The molecule has 0 N–H and O–H groups in total. The van der Waals surface area contributed by atoms with E-state index in [4.69, 9.17) is 10.1 Å². The summed E-state index contributed by atoms with van der Waals surface area (Å²) in [6, 6.07) is 10.3. The Balaban J connectivity index is 1.82. The molecule has 0 aliphatic carbocycles. The Hall–Kier alpha value is -2.43. The van der Waals surface area contributed by atoms with Gasteiger partial charge in [0.2, 0.25) is 0 Å². The molecule has 5 nitrogen and oxygen atoms in total. The lowest BCUT2D eigenvalue weighted by Gasteiger charge is -2.20. The van der Waals surface area contributed by atoms with E-state index in [-0.39, 0.29) is 17.9 Å². The van der Waals surface area contributed by atoms with Crippen molar-refractivity contribution in [1.29, 1.82) is 0 Å². The van der Waals surface area contributed by atoms with Crippen LogP contribution in [0.4, 0.5) is 5.69 Å². The smallest absolute Gasteiger partial charge is 0.274 e. The first-order valence-corrected chi connectivity index (χ1v) is 8.65. The van der Waals surface area contributed by atoms with Crippen molar-refractivity contribution < 1.29 is 4.79 Å². The van der Waals surface area contributed by atoms with E-state index in [0.29, 0.717) is 12.2 Å². The Morgan fingerprint density at radius 1 is 1.25 bits per heavy atom. The predicted molar refractivity (Wildman–Crippen MR) is 94.1 cm³/mol. The molecule has 3 heterocycles. The Morgan fingerprint density at radius 2 is 2.04 bits per heavy atom. The van der Waals surface area contributed by atoms with Crippen LogP contribution in [-0.2, 0) is 6.54 Å². The largest absolute Gasteiger partial charge is 0.329 e. The van der Waals surface area contributed by atoms with Crippen LogP contribution in [0, 0.1) is 0 Å². The van der Waals surface area contributed by atoms with Crippen LogP contribution in [0.1, 0.15) is 54.4 Å². The Labute approximate surface area is 142 Å². The monoisotopic (exact) mass is 322 g/mol. The summed E-state index contributed by atoms with van der Waals surface area (Å²) in [6.07, 6.45) is 3.99. The highest BCUT2D eigenvalue weighted by atomic mass is 16.2. The molecular weight excluding hydrogens is 300 g/mol. The van der Waals surface area contributed by atoms with Crippen molar-refractivity contribution in [1.82, 2.24) is 14.7 Å². The van der Waals surface area contributed by atoms with E-state index in [0.717, 1.165) is 36.3 Å². The molecule has 0 bridgehead atoms. The summed E-state index contributed by atoms with van der Waals surface area (Å²) in [5.74, 6) is 0.300. The minimum atomic E-state index is 0.0698. The number of aromatic nitrogens is 2. The Kier molecular flexibility index (Phi) is 3.71. The van der Waals surface area contributed by atoms with Crippen molar-refractivity contribution in [2.75, 3.05) is 6.54 Å². The van der Waals surface area contributed by atoms with E-state index in [1.807, 2.05) is 34.0 Å². The molecule has 1 aromatic carbocycles. The topological polar surface area (TPSA) is 50.5 Å². The lowest BCUT2D eigenvalue weighted by atomic mass is 10.1. The van der Waals surface area contributed by atoms with Gasteiger partial charge in [-0.15, -0.1) is 0 Å². The zero-order chi connectivity index (χ0) is 16.7. The summed E-state index contributed by atoms with van der Waals surface area (Å²) in [4.78, 5) is 19.8. The van der Waals surface area contributed by atoms with Gasteiger partial charge in [-0.25, -0.2) is 0 Å². The van der Waals surface area contributed by atoms with Crippen LogP contribution < -0.4 is 0 Å². The fourth-order valence-corrected chi connectivity index (χ4v) is 3.57. The van der Waals surface area contributed by atoms with Crippen molar-refractivity contribution in [3.8, 4) is 0 Å². The number of fused-ring (bicyclic) bond motifs is 2. The number of carbonyl (C=O) groups excluding carboxylic acids is 1. The van der Waals surface area contributed by atoms with Gasteiger partial charge in [-0.05, 0) is 24.3 Å². The summed E-state index contributed by atoms with van der Waals surface area (Å²) < 4.78 is 1.85. The molecule has 0 unspecified atom stereocenters. The Bertz CT molecular complexity index is 791. The van der Waals surface area contributed by atoms with Gasteiger partial charge in [0.1, 0.15) is 5.69 Å². The van der Waals surface area contributed by atoms with Crippen LogP contribution in [-0.4, -0.2) is 39.4 Å². The molecular formula is C19H22N4O. The molecule has 1 saturated heterocycles. The van der Waals surface area contributed by atoms with E-state index in [1.54, 1.807) is 0 Å². The zero-order valence-corrected chi connectivity index (χ0v) is 14.1. The number of amides is 1. The molecule has 1 aromatic heterocycles. The number of benzene rings is 1. The fourth-order valence-electron chi connectivity index (χ4n) is 3.57. The summed E-state index contributed by atoms with van der Waals surface area (Å²) >= 11 is 0. The van der Waals surface area contributed by atoms with E-state index in [2.05, 4.69) is 26.0 Å². The van der Waals surface area contributed by atoms with Crippen LogP contribution >= 0.6 is 0 Å². The van der Waals surface area contributed by atoms with Gasteiger partial charge < -0.3 is 4.90 Å². The van der Waals surface area contributed by atoms with Crippen molar-refractivity contribution >= 4 is 17.8 Å². The highest BCUT2D eigenvalue weighted by Crippen LogP contribution is 2.35. The number of hydrogen-bond acceptors (Lipinski definition) is 3. The molecule has 0 saturated carbocycles. The first-order valence-electron chi connectivity index (χ1n) is 8.65. The van der Waals surface area contributed by atoms with Gasteiger partial charge in [0.15, 0.2) is 5.69 Å². The van der Waals surface area contributed by atoms with Crippen LogP contribution in [0.3, 0.4) is 0 Å². The maximum atomic E-state index is 13.2. The van der Waals surface area contributed by atoms with E-state index >= 15 is 0 Å². The highest BCUT2D eigenvalue weighted by Gasteiger charge is 2.36. The fraction of sp³-hybridized carbons (Fsp3) is 0.421. The number of nitrogens with zero attached hydrogens (tertiary/aromatic N) is 4. The van der Waals surface area contributed by atoms with Gasteiger partial charge >= 0.3 is 0 Å². The van der Waals surface area contributed by atoms with Crippen LogP contribution in [0.25, 0.3) is 0 Å². The second kappa shape index (κ2) is 5.89. The first-order chi connectivity index (χ1) is 11.6. The maximum Gasteiger partial charge on any atom is 0.274 e. The van der Waals surface area contributed by atoms with Gasteiger partial charge in [0.25, 0.3) is 5.91 Å². The quantitative estimate of drug-likeness (QED) is 0.870. The maximum absolute atomic E-state index is 13.2. The first kappa shape index (κ1) is 15.1. The molecule has 2 aliphatic rings. The van der Waals surface area contributed by atoms with Crippen LogP contribution in [0.15, 0.2) is 35.3 Å². The third-order valence-electron chi connectivity index (χ3n) is 4.81. The van der Waals surface area contributed by atoms with Crippen molar-refractivity contribution in [2.45, 2.75) is 45.2 Å². The summed E-state index contributed by atoms with van der Waals surface area (Å²) in [7, 11) is 0. The van der Waals surface area contributed by atoms with Crippen LogP contribution in [0.2, 0.25) is 0 Å².